The number of likely N-dealkylation sites (tertiary alicyclic amines) is 1. The molecule has 0 radical (unpaired) electrons. The standard InChI is InChI=1S/C16H27N3O/c1-16(2,13-19-11-6-4-5-7-12-19)17-15(20)14-9-8-10-18(14)3/h8-10H,4-7,11-13H2,1-3H3,(H,17,20). The van der Waals surface area contributed by atoms with E-state index in [-0.39, 0.29) is 11.4 Å². The normalized spacial score (nSPS) is 17.8. The fraction of sp³-hybridized carbons (Fsp3) is 0.688. The summed E-state index contributed by atoms with van der Waals surface area (Å²) in [4.78, 5) is 14.8. The number of amides is 1. The largest absolute Gasteiger partial charge is 0.347 e. The van der Waals surface area contributed by atoms with Crippen LogP contribution in [0.25, 0.3) is 0 Å². The molecule has 2 heterocycles. The van der Waals surface area contributed by atoms with Gasteiger partial charge < -0.3 is 14.8 Å². The number of nitrogens with zero attached hydrogens (tertiary/aromatic N) is 2. The van der Waals surface area contributed by atoms with Gasteiger partial charge >= 0.3 is 0 Å². The Morgan fingerprint density at radius 1 is 1.25 bits per heavy atom. The Labute approximate surface area is 122 Å². The van der Waals surface area contributed by atoms with Crippen molar-refractivity contribution in [3.63, 3.8) is 0 Å². The van der Waals surface area contributed by atoms with Crippen molar-refractivity contribution in [1.82, 2.24) is 14.8 Å². The van der Waals surface area contributed by atoms with Gasteiger partial charge in [-0.15, -0.1) is 0 Å². The van der Waals surface area contributed by atoms with Gasteiger partial charge in [-0.25, -0.2) is 0 Å². The van der Waals surface area contributed by atoms with Gasteiger partial charge in [-0.05, 0) is 51.9 Å². The van der Waals surface area contributed by atoms with Crippen LogP contribution in [-0.4, -0.2) is 40.5 Å². The molecular weight excluding hydrogens is 250 g/mol. The summed E-state index contributed by atoms with van der Waals surface area (Å²) >= 11 is 0. The maximum Gasteiger partial charge on any atom is 0.268 e. The summed E-state index contributed by atoms with van der Waals surface area (Å²) in [7, 11) is 1.90. The third-order valence-electron chi connectivity index (χ3n) is 3.95. The third-order valence-corrected chi connectivity index (χ3v) is 3.95. The smallest absolute Gasteiger partial charge is 0.268 e. The van der Waals surface area contributed by atoms with Gasteiger partial charge in [0.25, 0.3) is 5.91 Å². The van der Waals surface area contributed by atoms with Crippen LogP contribution in [0, 0.1) is 0 Å². The molecule has 0 saturated carbocycles. The monoisotopic (exact) mass is 277 g/mol. The lowest BCUT2D eigenvalue weighted by molar-refractivity contribution is 0.0879. The SMILES string of the molecule is Cn1cccc1C(=O)NC(C)(C)CN1CCCCCC1. The van der Waals surface area contributed by atoms with E-state index < -0.39 is 0 Å². The molecule has 1 aromatic heterocycles. The third kappa shape index (κ3) is 4.10. The maximum absolute atomic E-state index is 12.3. The van der Waals surface area contributed by atoms with Crippen LogP contribution in [-0.2, 0) is 7.05 Å². The van der Waals surface area contributed by atoms with Crippen LogP contribution >= 0.6 is 0 Å². The average Bonchev–Trinajstić information content (AvgIpc) is 2.63. The van der Waals surface area contributed by atoms with Gasteiger partial charge in [-0.2, -0.15) is 0 Å². The molecule has 20 heavy (non-hydrogen) atoms. The van der Waals surface area contributed by atoms with Gasteiger partial charge in [-0.3, -0.25) is 4.79 Å². The lowest BCUT2D eigenvalue weighted by Gasteiger charge is -2.33. The molecule has 1 N–H and O–H groups in total. The lowest BCUT2D eigenvalue weighted by Crippen LogP contribution is -2.52. The van der Waals surface area contributed by atoms with E-state index in [9.17, 15) is 4.79 Å². The predicted molar refractivity (Wildman–Crippen MR) is 81.9 cm³/mol. The Hall–Kier alpha value is -1.29. The Bertz CT molecular complexity index is 442. The van der Waals surface area contributed by atoms with Crippen LogP contribution in [0.2, 0.25) is 0 Å². The fourth-order valence-corrected chi connectivity index (χ4v) is 2.96. The molecule has 1 saturated heterocycles. The van der Waals surface area contributed by atoms with Crippen molar-refractivity contribution in [1.29, 1.82) is 0 Å². The molecule has 0 bridgehead atoms. The average molecular weight is 277 g/mol. The Morgan fingerprint density at radius 2 is 1.90 bits per heavy atom. The summed E-state index contributed by atoms with van der Waals surface area (Å²) in [6.07, 6.45) is 7.14. The van der Waals surface area contributed by atoms with Crippen LogP contribution in [0.4, 0.5) is 0 Å². The minimum Gasteiger partial charge on any atom is -0.347 e. The predicted octanol–water partition coefficient (Wildman–Crippen LogP) is 2.41. The van der Waals surface area contributed by atoms with Gasteiger partial charge in [0.05, 0.1) is 0 Å². The molecule has 4 nitrogen and oxygen atoms in total. The van der Waals surface area contributed by atoms with E-state index in [0.29, 0.717) is 5.69 Å². The zero-order valence-corrected chi connectivity index (χ0v) is 13.0. The second-order valence-electron chi connectivity index (χ2n) is 6.53. The summed E-state index contributed by atoms with van der Waals surface area (Å²) < 4.78 is 1.86. The molecule has 1 amide bonds. The van der Waals surface area contributed by atoms with E-state index in [1.54, 1.807) is 0 Å². The van der Waals surface area contributed by atoms with E-state index in [0.717, 1.165) is 19.6 Å². The van der Waals surface area contributed by atoms with E-state index in [1.807, 2.05) is 29.9 Å². The minimum absolute atomic E-state index is 0.0114. The number of hydrogen-bond donors (Lipinski definition) is 1. The van der Waals surface area contributed by atoms with Crippen molar-refractivity contribution >= 4 is 5.91 Å². The van der Waals surface area contributed by atoms with Crippen LogP contribution in [0.5, 0.6) is 0 Å². The number of hydrogen-bond acceptors (Lipinski definition) is 2. The Morgan fingerprint density at radius 3 is 2.45 bits per heavy atom. The van der Waals surface area contributed by atoms with Crippen LogP contribution in [0.15, 0.2) is 18.3 Å². The van der Waals surface area contributed by atoms with Gasteiger partial charge in [0.1, 0.15) is 5.69 Å². The number of aromatic nitrogens is 1. The molecule has 112 valence electrons. The van der Waals surface area contributed by atoms with Crippen LogP contribution < -0.4 is 5.32 Å². The molecule has 0 unspecified atom stereocenters. The van der Waals surface area contributed by atoms with Gasteiger partial charge in [0.15, 0.2) is 0 Å². The molecule has 1 aromatic rings. The highest BCUT2D eigenvalue weighted by Gasteiger charge is 2.25. The second kappa shape index (κ2) is 6.44. The van der Waals surface area contributed by atoms with Crippen molar-refractivity contribution in [3.05, 3.63) is 24.0 Å². The van der Waals surface area contributed by atoms with Crippen molar-refractivity contribution in [3.8, 4) is 0 Å². The topological polar surface area (TPSA) is 37.3 Å². The summed E-state index contributed by atoms with van der Waals surface area (Å²) in [6, 6.07) is 3.76. The molecule has 1 aliphatic heterocycles. The van der Waals surface area contributed by atoms with Gasteiger partial charge in [0.2, 0.25) is 0 Å². The minimum atomic E-state index is -0.203. The van der Waals surface area contributed by atoms with E-state index in [1.165, 1.54) is 25.7 Å². The molecular formula is C16H27N3O. The van der Waals surface area contributed by atoms with Crippen molar-refractivity contribution < 1.29 is 4.79 Å². The van der Waals surface area contributed by atoms with E-state index >= 15 is 0 Å². The first-order valence-electron chi connectivity index (χ1n) is 7.64. The van der Waals surface area contributed by atoms with E-state index in [4.69, 9.17) is 0 Å². The molecule has 4 heteroatoms. The summed E-state index contributed by atoms with van der Waals surface area (Å²) in [5.74, 6) is 0.0114. The first-order valence-corrected chi connectivity index (χ1v) is 7.64. The summed E-state index contributed by atoms with van der Waals surface area (Å²) in [6.45, 7) is 7.45. The Kier molecular flexibility index (Phi) is 4.86. The van der Waals surface area contributed by atoms with Crippen molar-refractivity contribution in [2.75, 3.05) is 19.6 Å². The summed E-state index contributed by atoms with van der Waals surface area (Å²) in [5.41, 5.74) is 0.514. The highest BCUT2D eigenvalue weighted by atomic mass is 16.2. The molecule has 0 spiro atoms. The molecule has 1 aliphatic rings. The lowest BCUT2D eigenvalue weighted by atomic mass is 10.0. The number of aryl methyl sites for hydroxylation is 1. The number of rotatable bonds is 4. The first-order chi connectivity index (χ1) is 9.48. The quantitative estimate of drug-likeness (QED) is 0.917. The first kappa shape index (κ1) is 15.1. The number of nitrogens with one attached hydrogen (secondary N) is 1. The Balaban J connectivity index is 1.92. The highest BCUT2D eigenvalue weighted by molar-refractivity contribution is 5.93. The van der Waals surface area contributed by atoms with Gasteiger partial charge in [0, 0.05) is 25.3 Å². The summed E-state index contributed by atoms with van der Waals surface area (Å²) in [5, 5.41) is 3.17. The number of carbonyl (C=O) groups excluding carboxylic acids is 1. The van der Waals surface area contributed by atoms with Crippen molar-refractivity contribution in [2.24, 2.45) is 7.05 Å². The van der Waals surface area contributed by atoms with E-state index in [2.05, 4.69) is 24.1 Å². The fourth-order valence-electron chi connectivity index (χ4n) is 2.96. The zero-order valence-electron chi connectivity index (χ0n) is 13.0. The molecule has 0 atom stereocenters. The number of carbonyl (C=O) groups is 1. The maximum atomic E-state index is 12.3. The van der Waals surface area contributed by atoms with Gasteiger partial charge in [-0.1, -0.05) is 12.8 Å². The van der Waals surface area contributed by atoms with Crippen LogP contribution in [0.3, 0.4) is 0 Å². The second-order valence-corrected chi connectivity index (χ2v) is 6.53. The zero-order chi connectivity index (χ0) is 14.6. The molecule has 0 aliphatic carbocycles. The van der Waals surface area contributed by atoms with Crippen molar-refractivity contribution in [2.45, 2.75) is 45.1 Å². The van der Waals surface area contributed by atoms with Crippen LogP contribution in [0.1, 0.15) is 50.0 Å². The highest BCUT2D eigenvalue weighted by Crippen LogP contribution is 2.14. The molecule has 1 fully saturated rings. The molecule has 0 aromatic carbocycles. The molecule has 2 rings (SSSR count).